The molecule has 0 saturated heterocycles. The molecule has 0 aliphatic rings. The van der Waals surface area contributed by atoms with Crippen LogP contribution >= 0.6 is 11.3 Å². The first-order valence-electron chi connectivity index (χ1n) is 7.53. The minimum atomic E-state index is -1.01. The molecule has 24 heavy (non-hydrogen) atoms. The Balaban J connectivity index is 1.97. The van der Waals surface area contributed by atoms with Crippen LogP contribution in [0.2, 0.25) is 0 Å². The van der Waals surface area contributed by atoms with Gasteiger partial charge < -0.3 is 10.4 Å². The summed E-state index contributed by atoms with van der Waals surface area (Å²) in [6.45, 7) is 5.30. The molecule has 0 bridgehead atoms. The fourth-order valence-electron chi connectivity index (χ4n) is 2.35. The van der Waals surface area contributed by atoms with Crippen molar-refractivity contribution in [3.63, 3.8) is 0 Å². The quantitative estimate of drug-likeness (QED) is 0.833. The molecule has 2 rings (SSSR count). The first-order valence-corrected chi connectivity index (χ1v) is 8.35. The fraction of sp³-hybridized carbons (Fsp3) is 0.353. The summed E-state index contributed by atoms with van der Waals surface area (Å²) in [5.41, 5.74) is 1.33. The van der Waals surface area contributed by atoms with E-state index >= 15 is 0 Å². The van der Waals surface area contributed by atoms with Gasteiger partial charge in [-0.3, -0.25) is 4.79 Å². The van der Waals surface area contributed by atoms with Crippen molar-refractivity contribution in [3.8, 4) is 0 Å². The van der Waals surface area contributed by atoms with Gasteiger partial charge in [-0.2, -0.15) is 0 Å². The highest BCUT2D eigenvalue weighted by Crippen LogP contribution is 2.24. The molecule has 0 spiro atoms. The Morgan fingerprint density at radius 2 is 1.92 bits per heavy atom. The SMILES string of the molecule is Cc1nc(C(C)NC(=O)CC(C)c2ccc(F)cc2)sc1C(=O)O. The lowest BCUT2D eigenvalue weighted by molar-refractivity contribution is -0.122. The van der Waals surface area contributed by atoms with Gasteiger partial charge in [0.2, 0.25) is 5.91 Å². The molecule has 7 heteroatoms. The maximum absolute atomic E-state index is 12.9. The van der Waals surface area contributed by atoms with Crippen LogP contribution in [0.5, 0.6) is 0 Å². The minimum absolute atomic E-state index is 0.0505. The summed E-state index contributed by atoms with van der Waals surface area (Å²) >= 11 is 1.07. The lowest BCUT2D eigenvalue weighted by Crippen LogP contribution is -2.27. The maximum Gasteiger partial charge on any atom is 0.347 e. The van der Waals surface area contributed by atoms with Crippen LogP contribution in [0.4, 0.5) is 4.39 Å². The van der Waals surface area contributed by atoms with Gasteiger partial charge in [0.05, 0.1) is 11.7 Å². The molecule has 0 fully saturated rings. The number of hydrogen-bond donors (Lipinski definition) is 2. The van der Waals surface area contributed by atoms with E-state index < -0.39 is 5.97 Å². The van der Waals surface area contributed by atoms with Crippen LogP contribution in [0.25, 0.3) is 0 Å². The van der Waals surface area contributed by atoms with E-state index in [4.69, 9.17) is 5.11 Å². The predicted molar refractivity (Wildman–Crippen MR) is 89.8 cm³/mol. The van der Waals surface area contributed by atoms with Crippen molar-refractivity contribution in [1.82, 2.24) is 10.3 Å². The molecule has 2 N–H and O–H groups in total. The molecule has 0 saturated carbocycles. The second-order valence-electron chi connectivity index (χ2n) is 5.72. The van der Waals surface area contributed by atoms with Crippen molar-refractivity contribution in [2.45, 2.75) is 39.2 Å². The van der Waals surface area contributed by atoms with Gasteiger partial charge in [0.1, 0.15) is 15.7 Å². The molecule has 1 aromatic carbocycles. The summed E-state index contributed by atoms with van der Waals surface area (Å²) in [5.74, 6) is -1.54. The average molecular weight is 350 g/mol. The van der Waals surface area contributed by atoms with E-state index in [1.807, 2.05) is 6.92 Å². The summed E-state index contributed by atoms with van der Waals surface area (Å²) in [4.78, 5) is 27.6. The van der Waals surface area contributed by atoms with Crippen LogP contribution in [0, 0.1) is 12.7 Å². The smallest absolute Gasteiger partial charge is 0.347 e. The van der Waals surface area contributed by atoms with Crippen LogP contribution in [-0.4, -0.2) is 22.0 Å². The molecule has 1 aromatic heterocycles. The highest BCUT2D eigenvalue weighted by molar-refractivity contribution is 7.13. The zero-order valence-corrected chi connectivity index (χ0v) is 14.5. The van der Waals surface area contributed by atoms with Crippen LogP contribution in [0.15, 0.2) is 24.3 Å². The second kappa shape index (κ2) is 7.53. The van der Waals surface area contributed by atoms with Crippen molar-refractivity contribution in [2.75, 3.05) is 0 Å². The molecule has 2 atom stereocenters. The third-order valence-electron chi connectivity index (χ3n) is 3.69. The molecule has 0 radical (unpaired) electrons. The number of hydrogen-bond acceptors (Lipinski definition) is 4. The number of carbonyl (C=O) groups excluding carboxylic acids is 1. The standard InChI is InChI=1S/C17H19FN2O3S/c1-9(12-4-6-13(18)7-5-12)8-14(21)19-11(3)16-20-10(2)15(24-16)17(22)23/h4-7,9,11H,8H2,1-3H3,(H,19,21)(H,22,23). The van der Waals surface area contributed by atoms with Gasteiger partial charge in [-0.15, -0.1) is 11.3 Å². The molecule has 1 heterocycles. The van der Waals surface area contributed by atoms with E-state index in [2.05, 4.69) is 10.3 Å². The minimum Gasteiger partial charge on any atom is -0.477 e. The Kier molecular flexibility index (Phi) is 5.66. The Morgan fingerprint density at radius 3 is 2.46 bits per heavy atom. The Morgan fingerprint density at radius 1 is 1.29 bits per heavy atom. The molecular weight excluding hydrogens is 331 g/mol. The number of amides is 1. The molecule has 5 nitrogen and oxygen atoms in total. The molecular formula is C17H19FN2O3S. The third-order valence-corrected chi connectivity index (χ3v) is 5.01. The molecule has 2 unspecified atom stereocenters. The number of rotatable bonds is 6. The van der Waals surface area contributed by atoms with Crippen LogP contribution in [-0.2, 0) is 4.79 Å². The van der Waals surface area contributed by atoms with Crippen molar-refractivity contribution >= 4 is 23.2 Å². The number of aromatic carboxylic acids is 1. The van der Waals surface area contributed by atoms with Crippen LogP contribution in [0.3, 0.4) is 0 Å². The van der Waals surface area contributed by atoms with E-state index in [0.29, 0.717) is 10.7 Å². The van der Waals surface area contributed by atoms with E-state index in [1.165, 1.54) is 12.1 Å². The highest BCUT2D eigenvalue weighted by atomic mass is 32.1. The fourth-order valence-corrected chi connectivity index (χ4v) is 3.26. The number of aromatic nitrogens is 1. The summed E-state index contributed by atoms with van der Waals surface area (Å²) in [6.07, 6.45) is 0.256. The van der Waals surface area contributed by atoms with Gasteiger partial charge in [-0.05, 0) is 37.5 Å². The van der Waals surface area contributed by atoms with Crippen molar-refractivity contribution in [3.05, 3.63) is 51.2 Å². The zero-order chi connectivity index (χ0) is 17.9. The topological polar surface area (TPSA) is 79.3 Å². The van der Waals surface area contributed by atoms with Gasteiger partial charge in [0.15, 0.2) is 0 Å². The molecule has 1 amide bonds. The van der Waals surface area contributed by atoms with Gasteiger partial charge in [-0.1, -0.05) is 19.1 Å². The van der Waals surface area contributed by atoms with E-state index in [9.17, 15) is 14.0 Å². The molecule has 0 aliphatic heterocycles. The van der Waals surface area contributed by atoms with E-state index in [-0.39, 0.29) is 35.0 Å². The average Bonchev–Trinajstić information content (AvgIpc) is 2.90. The van der Waals surface area contributed by atoms with Crippen molar-refractivity contribution in [2.24, 2.45) is 0 Å². The number of carboxylic acids is 1. The Bertz CT molecular complexity index is 743. The first kappa shape index (κ1) is 18.1. The number of benzene rings is 1. The second-order valence-corrected chi connectivity index (χ2v) is 6.75. The van der Waals surface area contributed by atoms with Crippen molar-refractivity contribution < 1.29 is 19.1 Å². The molecule has 128 valence electrons. The van der Waals surface area contributed by atoms with Crippen LogP contribution < -0.4 is 5.32 Å². The number of nitrogens with zero attached hydrogens (tertiary/aromatic N) is 1. The number of nitrogens with one attached hydrogen (secondary N) is 1. The number of thiazole rings is 1. The largest absolute Gasteiger partial charge is 0.477 e. The predicted octanol–water partition coefficient (Wildman–Crippen LogP) is 3.66. The Labute approximate surface area is 143 Å². The van der Waals surface area contributed by atoms with Crippen molar-refractivity contribution in [1.29, 1.82) is 0 Å². The number of carbonyl (C=O) groups is 2. The zero-order valence-electron chi connectivity index (χ0n) is 13.7. The van der Waals surface area contributed by atoms with Gasteiger partial charge >= 0.3 is 5.97 Å². The number of aryl methyl sites for hydroxylation is 1. The van der Waals surface area contributed by atoms with E-state index in [0.717, 1.165) is 16.9 Å². The monoisotopic (exact) mass is 350 g/mol. The van der Waals surface area contributed by atoms with Gasteiger partial charge in [0.25, 0.3) is 0 Å². The normalized spacial score (nSPS) is 13.3. The summed E-state index contributed by atoms with van der Waals surface area (Å²) in [7, 11) is 0. The van der Waals surface area contributed by atoms with Gasteiger partial charge in [-0.25, -0.2) is 14.2 Å². The maximum atomic E-state index is 12.9. The lowest BCUT2D eigenvalue weighted by Gasteiger charge is -2.15. The van der Waals surface area contributed by atoms with Gasteiger partial charge in [0, 0.05) is 6.42 Å². The number of halogens is 1. The lowest BCUT2D eigenvalue weighted by atomic mass is 9.97. The van der Waals surface area contributed by atoms with Crippen LogP contribution in [0.1, 0.15) is 58.2 Å². The summed E-state index contributed by atoms with van der Waals surface area (Å²) in [5, 5.41) is 12.5. The summed E-state index contributed by atoms with van der Waals surface area (Å²) in [6, 6.07) is 5.71. The molecule has 0 aliphatic carbocycles. The highest BCUT2D eigenvalue weighted by Gasteiger charge is 2.20. The van der Waals surface area contributed by atoms with E-state index in [1.54, 1.807) is 26.0 Å². The summed E-state index contributed by atoms with van der Waals surface area (Å²) < 4.78 is 12.9. The Hall–Kier alpha value is -2.28. The third kappa shape index (κ3) is 4.38. The first-order chi connectivity index (χ1) is 11.3. The number of carboxylic acid groups (broad SMARTS) is 1. The molecule has 2 aromatic rings.